The standard InChI is InChI=1S/C14H15FN2O3/c1-19-12-5-3-4-9(13(12)15)7-17-8-10(16)6-11(17)14(18)20-2/h3-6,8H,7,16H2,1-2H3. The van der Waals surface area contributed by atoms with Gasteiger partial charge in [-0.1, -0.05) is 12.1 Å². The summed E-state index contributed by atoms with van der Waals surface area (Å²) in [5.74, 6) is -0.828. The number of rotatable bonds is 4. The van der Waals surface area contributed by atoms with Gasteiger partial charge in [-0.15, -0.1) is 0 Å². The molecule has 1 aromatic carbocycles. The van der Waals surface area contributed by atoms with Crippen molar-refractivity contribution in [2.24, 2.45) is 0 Å². The first-order valence-electron chi connectivity index (χ1n) is 5.92. The van der Waals surface area contributed by atoms with Gasteiger partial charge < -0.3 is 19.8 Å². The summed E-state index contributed by atoms with van der Waals surface area (Å²) in [6.07, 6.45) is 1.56. The molecule has 0 fully saturated rings. The number of aromatic nitrogens is 1. The Kier molecular flexibility index (Phi) is 3.93. The number of nitrogen functional groups attached to an aromatic ring is 1. The molecule has 5 nitrogen and oxygen atoms in total. The third-order valence-electron chi connectivity index (χ3n) is 2.92. The number of esters is 1. The lowest BCUT2D eigenvalue weighted by molar-refractivity contribution is 0.0589. The van der Waals surface area contributed by atoms with Crippen LogP contribution >= 0.6 is 0 Å². The average molecular weight is 278 g/mol. The summed E-state index contributed by atoms with van der Waals surface area (Å²) >= 11 is 0. The average Bonchev–Trinajstić information content (AvgIpc) is 2.81. The number of hydrogen-bond acceptors (Lipinski definition) is 4. The summed E-state index contributed by atoms with van der Waals surface area (Å²) in [7, 11) is 2.68. The zero-order valence-corrected chi connectivity index (χ0v) is 11.2. The molecule has 0 atom stereocenters. The lowest BCUT2D eigenvalue weighted by atomic mass is 10.2. The van der Waals surface area contributed by atoms with Crippen molar-refractivity contribution in [2.45, 2.75) is 6.54 Å². The fraction of sp³-hybridized carbons (Fsp3) is 0.214. The molecule has 0 radical (unpaired) electrons. The molecule has 1 heterocycles. The molecule has 0 aliphatic carbocycles. The minimum atomic E-state index is -0.523. The van der Waals surface area contributed by atoms with E-state index in [-0.39, 0.29) is 18.0 Å². The van der Waals surface area contributed by atoms with Crippen LogP contribution in [0.1, 0.15) is 16.1 Å². The SMILES string of the molecule is COC(=O)c1cc(N)cn1Cc1cccc(OC)c1F. The van der Waals surface area contributed by atoms with Crippen molar-refractivity contribution >= 4 is 11.7 Å². The molecule has 2 aromatic rings. The molecule has 0 unspecified atom stereocenters. The number of carbonyl (C=O) groups is 1. The Bertz CT molecular complexity index is 637. The Morgan fingerprint density at radius 1 is 1.40 bits per heavy atom. The van der Waals surface area contributed by atoms with Crippen molar-refractivity contribution in [1.82, 2.24) is 4.57 Å². The number of nitrogens with two attached hydrogens (primary N) is 1. The van der Waals surface area contributed by atoms with E-state index in [1.807, 2.05) is 0 Å². The second-order valence-corrected chi connectivity index (χ2v) is 4.21. The normalized spacial score (nSPS) is 10.3. The topological polar surface area (TPSA) is 66.5 Å². The molecule has 0 amide bonds. The van der Waals surface area contributed by atoms with Crippen LogP contribution in [0.3, 0.4) is 0 Å². The van der Waals surface area contributed by atoms with Crippen LogP contribution in [0.4, 0.5) is 10.1 Å². The maximum absolute atomic E-state index is 14.1. The number of ether oxygens (including phenoxy) is 2. The predicted molar refractivity (Wildman–Crippen MR) is 72.2 cm³/mol. The van der Waals surface area contributed by atoms with Gasteiger partial charge in [-0.2, -0.15) is 0 Å². The highest BCUT2D eigenvalue weighted by molar-refractivity contribution is 5.89. The fourth-order valence-corrected chi connectivity index (χ4v) is 1.96. The maximum atomic E-state index is 14.1. The molecule has 20 heavy (non-hydrogen) atoms. The van der Waals surface area contributed by atoms with Crippen molar-refractivity contribution in [3.63, 3.8) is 0 Å². The highest BCUT2D eigenvalue weighted by Gasteiger charge is 2.15. The largest absolute Gasteiger partial charge is 0.494 e. The zero-order valence-electron chi connectivity index (χ0n) is 11.2. The highest BCUT2D eigenvalue weighted by Crippen LogP contribution is 2.22. The number of methoxy groups -OCH3 is 2. The Hall–Kier alpha value is -2.50. The van der Waals surface area contributed by atoms with Crippen LogP contribution in [0.2, 0.25) is 0 Å². The van der Waals surface area contributed by atoms with Crippen molar-refractivity contribution in [3.8, 4) is 5.75 Å². The number of halogens is 1. The predicted octanol–water partition coefficient (Wildman–Crippen LogP) is 2.05. The summed E-state index contributed by atoms with van der Waals surface area (Å²) in [6.45, 7) is 0.157. The van der Waals surface area contributed by atoms with Crippen LogP contribution < -0.4 is 10.5 Å². The van der Waals surface area contributed by atoms with Crippen molar-refractivity contribution in [2.75, 3.05) is 20.0 Å². The van der Waals surface area contributed by atoms with Gasteiger partial charge in [0, 0.05) is 11.8 Å². The van der Waals surface area contributed by atoms with E-state index in [4.69, 9.17) is 10.5 Å². The molecular formula is C14H15FN2O3. The van der Waals surface area contributed by atoms with Crippen molar-refractivity contribution in [1.29, 1.82) is 0 Å². The van der Waals surface area contributed by atoms with Crippen LogP contribution in [0.25, 0.3) is 0 Å². The minimum absolute atomic E-state index is 0.155. The highest BCUT2D eigenvalue weighted by atomic mass is 19.1. The first-order chi connectivity index (χ1) is 9.56. The van der Waals surface area contributed by atoms with Gasteiger partial charge in [-0.3, -0.25) is 0 Å². The number of nitrogens with zero attached hydrogens (tertiary/aromatic N) is 1. The molecule has 0 saturated heterocycles. The van der Waals surface area contributed by atoms with Crippen LogP contribution in [0.15, 0.2) is 30.5 Å². The number of benzene rings is 1. The Morgan fingerprint density at radius 3 is 2.80 bits per heavy atom. The van der Waals surface area contributed by atoms with E-state index < -0.39 is 11.8 Å². The molecule has 2 N–H and O–H groups in total. The van der Waals surface area contributed by atoms with Crippen molar-refractivity contribution < 1.29 is 18.7 Å². The van der Waals surface area contributed by atoms with Gasteiger partial charge in [0.1, 0.15) is 5.69 Å². The Balaban J connectivity index is 2.38. The molecule has 1 aromatic heterocycles. The van der Waals surface area contributed by atoms with Gasteiger partial charge in [0.2, 0.25) is 0 Å². The number of carbonyl (C=O) groups excluding carboxylic acids is 1. The second kappa shape index (κ2) is 5.64. The van der Waals surface area contributed by atoms with Crippen LogP contribution in [0, 0.1) is 5.82 Å². The summed E-state index contributed by atoms with van der Waals surface area (Å²) in [5.41, 5.74) is 6.75. The first kappa shape index (κ1) is 13.9. The van der Waals surface area contributed by atoms with Gasteiger partial charge in [0.25, 0.3) is 0 Å². The van der Waals surface area contributed by atoms with E-state index in [1.54, 1.807) is 22.9 Å². The van der Waals surface area contributed by atoms with E-state index in [0.29, 0.717) is 11.3 Å². The zero-order chi connectivity index (χ0) is 14.7. The van der Waals surface area contributed by atoms with E-state index in [1.165, 1.54) is 26.4 Å². The molecule has 0 aliphatic rings. The lowest BCUT2D eigenvalue weighted by Crippen LogP contribution is -2.11. The molecule has 0 bridgehead atoms. The second-order valence-electron chi connectivity index (χ2n) is 4.21. The summed E-state index contributed by atoms with van der Waals surface area (Å²) in [5, 5.41) is 0. The molecule has 2 rings (SSSR count). The first-order valence-corrected chi connectivity index (χ1v) is 5.92. The maximum Gasteiger partial charge on any atom is 0.354 e. The Morgan fingerprint density at radius 2 is 2.15 bits per heavy atom. The molecule has 0 aliphatic heterocycles. The fourth-order valence-electron chi connectivity index (χ4n) is 1.96. The minimum Gasteiger partial charge on any atom is -0.494 e. The number of hydrogen-bond donors (Lipinski definition) is 1. The summed E-state index contributed by atoms with van der Waals surface area (Å²) < 4.78 is 25.2. The van der Waals surface area contributed by atoms with Gasteiger partial charge in [0.05, 0.1) is 26.5 Å². The molecule has 6 heteroatoms. The Labute approximate surface area is 115 Å². The van der Waals surface area contributed by atoms with E-state index in [9.17, 15) is 9.18 Å². The van der Waals surface area contributed by atoms with Gasteiger partial charge in [0.15, 0.2) is 11.6 Å². The lowest BCUT2D eigenvalue weighted by Gasteiger charge is -2.10. The van der Waals surface area contributed by atoms with E-state index >= 15 is 0 Å². The van der Waals surface area contributed by atoms with E-state index in [2.05, 4.69) is 4.74 Å². The molecule has 106 valence electrons. The van der Waals surface area contributed by atoms with Gasteiger partial charge in [-0.05, 0) is 12.1 Å². The summed E-state index contributed by atoms with van der Waals surface area (Å²) in [6, 6.07) is 6.32. The molecule has 0 spiro atoms. The van der Waals surface area contributed by atoms with Crippen molar-refractivity contribution in [3.05, 3.63) is 47.5 Å². The van der Waals surface area contributed by atoms with Crippen LogP contribution in [-0.4, -0.2) is 24.8 Å². The van der Waals surface area contributed by atoms with Crippen LogP contribution in [0.5, 0.6) is 5.75 Å². The smallest absolute Gasteiger partial charge is 0.354 e. The molecular weight excluding hydrogens is 263 g/mol. The third kappa shape index (κ3) is 2.59. The molecule has 0 saturated carbocycles. The number of anilines is 1. The van der Waals surface area contributed by atoms with Gasteiger partial charge in [-0.25, -0.2) is 9.18 Å². The monoisotopic (exact) mass is 278 g/mol. The van der Waals surface area contributed by atoms with Crippen LogP contribution in [-0.2, 0) is 11.3 Å². The third-order valence-corrected chi connectivity index (χ3v) is 2.92. The van der Waals surface area contributed by atoms with E-state index in [0.717, 1.165) is 0 Å². The quantitative estimate of drug-likeness (QED) is 0.869. The summed E-state index contributed by atoms with van der Waals surface area (Å²) in [4.78, 5) is 11.6. The van der Waals surface area contributed by atoms with Gasteiger partial charge >= 0.3 is 5.97 Å².